The summed E-state index contributed by atoms with van der Waals surface area (Å²) in [6.45, 7) is 4.82. The topological polar surface area (TPSA) is 21.8 Å². The molecule has 3 unspecified atom stereocenters. The molecule has 1 aromatic rings. The van der Waals surface area contributed by atoms with Crippen LogP contribution in [0.25, 0.3) is 0 Å². The minimum Gasteiger partial charge on any atom is -0.371 e. The van der Waals surface area contributed by atoms with Crippen LogP contribution in [0.15, 0.2) is 30.3 Å². The van der Waals surface area contributed by atoms with Gasteiger partial charge in [0.15, 0.2) is 0 Å². The van der Waals surface area contributed by atoms with Crippen molar-refractivity contribution in [2.75, 3.05) is 0 Å². The summed E-state index contributed by atoms with van der Waals surface area (Å²) in [5.41, 5.74) is 1.22. The normalized spacial score (nSPS) is 27.3. The molecule has 0 N–H and O–H groups in total. The predicted molar refractivity (Wildman–Crippen MR) is 55.0 cm³/mol. The van der Waals surface area contributed by atoms with E-state index in [4.69, 9.17) is 9.47 Å². The lowest BCUT2D eigenvalue weighted by Crippen LogP contribution is -2.16. The van der Waals surface area contributed by atoms with Gasteiger partial charge < -0.3 is 9.47 Å². The molecule has 0 radical (unpaired) electrons. The summed E-state index contributed by atoms with van der Waals surface area (Å²) in [6, 6.07) is 10.2. The summed E-state index contributed by atoms with van der Waals surface area (Å²) in [7, 11) is 0. The van der Waals surface area contributed by atoms with Gasteiger partial charge >= 0.3 is 0 Å². The fraction of sp³-hybridized carbons (Fsp3) is 0.500. The van der Waals surface area contributed by atoms with Crippen LogP contribution in [-0.2, 0) is 16.1 Å². The zero-order valence-corrected chi connectivity index (χ0v) is 8.64. The van der Waals surface area contributed by atoms with Crippen molar-refractivity contribution >= 4 is 0 Å². The van der Waals surface area contributed by atoms with Gasteiger partial charge in [-0.1, -0.05) is 30.3 Å². The summed E-state index contributed by atoms with van der Waals surface area (Å²) in [5.74, 6) is 0. The van der Waals surface area contributed by atoms with Crippen LogP contribution in [0.5, 0.6) is 0 Å². The van der Waals surface area contributed by atoms with Crippen LogP contribution >= 0.6 is 0 Å². The van der Waals surface area contributed by atoms with E-state index in [1.165, 1.54) is 5.56 Å². The van der Waals surface area contributed by atoms with Crippen LogP contribution in [-0.4, -0.2) is 18.3 Å². The fourth-order valence-corrected chi connectivity index (χ4v) is 1.59. The van der Waals surface area contributed by atoms with Crippen LogP contribution in [0.3, 0.4) is 0 Å². The van der Waals surface area contributed by atoms with Gasteiger partial charge in [0.05, 0.1) is 18.8 Å². The maximum Gasteiger partial charge on any atom is 0.110 e. The van der Waals surface area contributed by atoms with E-state index < -0.39 is 0 Å². The van der Waals surface area contributed by atoms with Gasteiger partial charge in [-0.25, -0.2) is 0 Å². The third-order valence-electron chi connectivity index (χ3n) is 2.58. The first-order chi connectivity index (χ1) is 6.77. The first kappa shape index (κ1) is 9.69. The molecule has 0 aromatic heterocycles. The number of benzene rings is 1. The highest BCUT2D eigenvalue weighted by atomic mass is 16.6. The summed E-state index contributed by atoms with van der Waals surface area (Å²) in [6.07, 6.45) is 0.879. The second-order valence-corrected chi connectivity index (χ2v) is 3.81. The van der Waals surface area contributed by atoms with E-state index in [1.807, 2.05) is 18.2 Å². The summed E-state index contributed by atoms with van der Waals surface area (Å²) >= 11 is 0. The van der Waals surface area contributed by atoms with Crippen molar-refractivity contribution in [3.63, 3.8) is 0 Å². The van der Waals surface area contributed by atoms with Crippen molar-refractivity contribution in [1.82, 2.24) is 0 Å². The molecule has 1 fully saturated rings. The highest BCUT2D eigenvalue weighted by Gasteiger charge is 2.39. The molecule has 2 heteroatoms. The van der Waals surface area contributed by atoms with E-state index in [2.05, 4.69) is 26.0 Å². The zero-order valence-electron chi connectivity index (χ0n) is 8.64. The Hall–Kier alpha value is -0.860. The van der Waals surface area contributed by atoms with Crippen molar-refractivity contribution < 1.29 is 9.47 Å². The van der Waals surface area contributed by atoms with E-state index in [0.717, 1.165) is 0 Å². The number of hydrogen-bond donors (Lipinski definition) is 0. The Bertz CT molecular complexity index is 284. The second kappa shape index (κ2) is 4.11. The first-order valence-electron chi connectivity index (χ1n) is 5.08. The molecular formula is C12H16O2. The minimum absolute atomic E-state index is 0.199. The van der Waals surface area contributed by atoms with E-state index >= 15 is 0 Å². The van der Waals surface area contributed by atoms with Gasteiger partial charge in [0.1, 0.15) is 6.10 Å². The molecule has 2 rings (SSSR count). The van der Waals surface area contributed by atoms with Crippen LogP contribution in [0.4, 0.5) is 0 Å². The van der Waals surface area contributed by atoms with Gasteiger partial charge in [0, 0.05) is 0 Å². The Labute approximate surface area is 84.8 Å². The monoisotopic (exact) mass is 192 g/mol. The molecule has 1 saturated heterocycles. The standard InChI is InChI=1S/C12H16O2/c1-9(12-10(2)14-12)13-8-11-6-4-3-5-7-11/h3-7,9-10,12H,8H2,1-2H3. The zero-order chi connectivity index (χ0) is 9.97. The highest BCUT2D eigenvalue weighted by molar-refractivity contribution is 5.13. The molecule has 0 spiro atoms. The lowest BCUT2D eigenvalue weighted by Gasteiger charge is -2.10. The van der Waals surface area contributed by atoms with Gasteiger partial charge in [0.25, 0.3) is 0 Å². The van der Waals surface area contributed by atoms with Crippen LogP contribution in [0, 0.1) is 0 Å². The minimum atomic E-state index is 0.199. The molecule has 1 aromatic carbocycles. The van der Waals surface area contributed by atoms with Crippen LogP contribution in [0.2, 0.25) is 0 Å². The third kappa shape index (κ3) is 2.34. The SMILES string of the molecule is CC(OCc1ccccc1)C1OC1C. The maximum absolute atomic E-state index is 5.70. The van der Waals surface area contributed by atoms with E-state index in [0.29, 0.717) is 18.8 Å². The van der Waals surface area contributed by atoms with Crippen molar-refractivity contribution in [3.05, 3.63) is 35.9 Å². The number of epoxide rings is 1. The lowest BCUT2D eigenvalue weighted by atomic mass is 10.2. The number of ether oxygens (including phenoxy) is 2. The molecule has 1 heterocycles. The molecule has 0 saturated carbocycles. The van der Waals surface area contributed by atoms with Gasteiger partial charge in [-0.05, 0) is 19.4 Å². The van der Waals surface area contributed by atoms with Crippen molar-refractivity contribution in [2.45, 2.75) is 38.8 Å². The molecule has 1 aliphatic heterocycles. The highest BCUT2D eigenvalue weighted by Crippen LogP contribution is 2.26. The molecule has 1 aliphatic rings. The Morgan fingerprint density at radius 2 is 2.00 bits per heavy atom. The van der Waals surface area contributed by atoms with Gasteiger partial charge in [-0.2, -0.15) is 0 Å². The summed E-state index contributed by atoms with van der Waals surface area (Å²) < 4.78 is 11.0. The van der Waals surface area contributed by atoms with Crippen LogP contribution in [0.1, 0.15) is 19.4 Å². The van der Waals surface area contributed by atoms with Crippen molar-refractivity contribution in [3.8, 4) is 0 Å². The largest absolute Gasteiger partial charge is 0.371 e. The van der Waals surface area contributed by atoms with E-state index in [1.54, 1.807) is 0 Å². The Kier molecular flexibility index (Phi) is 2.85. The predicted octanol–water partition coefficient (Wildman–Crippen LogP) is 2.38. The Morgan fingerprint density at radius 3 is 2.57 bits per heavy atom. The first-order valence-corrected chi connectivity index (χ1v) is 5.08. The van der Waals surface area contributed by atoms with Crippen molar-refractivity contribution in [2.24, 2.45) is 0 Å². The number of rotatable bonds is 4. The summed E-state index contributed by atoms with van der Waals surface area (Å²) in [5, 5.41) is 0. The molecule has 14 heavy (non-hydrogen) atoms. The van der Waals surface area contributed by atoms with Gasteiger partial charge in [-0.3, -0.25) is 0 Å². The smallest absolute Gasteiger partial charge is 0.110 e. The maximum atomic E-state index is 5.70. The van der Waals surface area contributed by atoms with Gasteiger partial charge in [-0.15, -0.1) is 0 Å². The molecule has 0 amide bonds. The quantitative estimate of drug-likeness (QED) is 0.683. The second-order valence-electron chi connectivity index (χ2n) is 3.81. The third-order valence-corrected chi connectivity index (χ3v) is 2.58. The number of hydrogen-bond acceptors (Lipinski definition) is 2. The van der Waals surface area contributed by atoms with Gasteiger partial charge in [0.2, 0.25) is 0 Å². The fourth-order valence-electron chi connectivity index (χ4n) is 1.59. The van der Waals surface area contributed by atoms with Crippen molar-refractivity contribution in [1.29, 1.82) is 0 Å². The van der Waals surface area contributed by atoms with Crippen LogP contribution < -0.4 is 0 Å². The van der Waals surface area contributed by atoms with E-state index in [9.17, 15) is 0 Å². The Balaban J connectivity index is 1.77. The molecule has 0 aliphatic carbocycles. The molecule has 0 bridgehead atoms. The average molecular weight is 192 g/mol. The summed E-state index contributed by atoms with van der Waals surface area (Å²) in [4.78, 5) is 0. The Morgan fingerprint density at radius 1 is 1.36 bits per heavy atom. The molecule has 3 atom stereocenters. The molecule has 2 nitrogen and oxygen atoms in total. The average Bonchev–Trinajstić information content (AvgIpc) is 2.94. The van der Waals surface area contributed by atoms with E-state index in [-0.39, 0.29) is 6.10 Å². The lowest BCUT2D eigenvalue weighted by molar-refractivity contribution is 0.0340. The molecule has 76 valence electrons. The molecular weight excluding hydrogens is 176 g/mol.